The third-order valence-electron chi connectivity index (χ3n) is 9.05. The molecule has 3 aromatic carbocycles. The van der Waals surface area contributed by atoms with E-state index < -0.39 is 11.7 Å². The average molecular weight is 696 g/mol. The highest BCUT2D eigenvalue weighted by Gasteiger charge is 2.36. The minimum Gasteiger partial charge on any atom is -0.506 e. The Morgan fingerprint density at radius 2 is 1.73 bits per heavy atom. The monoisotopic (exact) mass is 695 g/mol. The van der Waals surface area contributed by atoms with Crippen LogP contribution in [0.4, 0.5) is 5.69 Å². The maximum absolute atomic E-state index is 12.6. The number of H-pyrrole nitrogens is 1. The van der Waals surface area contributed by atoms with Gasteiger partial charge in [0, 0.05) is 56.2 Å². The molecule has 2 atom stereocenters. The summed E-state index contributed by atoms with van der Waals surface area (Å²) in [6.07, 6.45) is 7.69. The van der Waals surface area contributed by atoms with Crippen molar-refractivity contribution in [1.29, 1.82) is 0 Å². The predicted molar refractivity (Wildman–Crippen MR) is 198 cm³/mol. The van der Waals surface area contributed by atoms with Crippen molar-refractivity contribution in [2.75, 3.05) is 25.0 Å². The predicted octanol–water partition coefficient (Wildman–Crippen LogP) is 5.80. The number of phenolic OH excluding ortho intramolecular Hbond substituents is 1. The first-order valence-corrected chi connectivity index (χ1v) is 17.8. The number of aliphatic hydroxyl groups is 2. The van der Waals surface area contributed by atoms with Crippen LogP contribution in [0.5, 0.6) is 5.75 Å². The van der Waals surface area contributed by atoms with Crippen molar-refractivity contribution < 1.29 is 24.5 Å². The van der Waals surface area contributed by atoms with Gasteiger partial charge in [-0.2, -0.15) is 0 Å². The van der Waals surface area contributed by atoms with Crippen molar-refractivity contribution in [3.05, 3.63) is 124 Å². The summed E-state index contributed by atoms with van der Waals surface area (Å²) in [7, 11) is 0. The molecule has 5 aromatic rings. The summed E-state index contributed by atoms with van der Waals surface area (Å²) < 4.78 is 6.06. The number of carbonyl (C=O) groups excluding carboxylic acids is 1. The van der Waals surface area contributed by atoms with Crippen LogP contribution in [0, 0.1) is 0 Å². The lowest BCUT2D eigenvalue weighted by Gasteiger charge is -2.25. The second-order valence-electron chi connectivity index (χ2n) is 12.9. The van der Waals surface area contributed by atoms with Gasteiger partial charge in [-0.3, -0.25) is 9.59 Å². The summed E-state index contributed by atoms with van der Waals surface area (Å²) in [6, 6.07) is 23.1. The smallest absolute Gasteiger partial charge is 0.248 e. The fraction of sp³-hybridized carbons (Fsp3) is 0.375. The molecule has 0 aliphatic rings. The number of hydrogen-bond acceptors (Lipinski definition) is 9. The summed E-state index contributed by atoms with van der Waals surface area (Å²) in [4.78, 5) is 31.3. The molecule has 1 amide bonds. The van der Waals surface area contributed by atoms with E-state index in [9.17, 15) is 24.9 Å². The Hall–Kier alpha value is -4.81. The number of carbonyl (C=O) groups is 1. The van der Waals surface area contributed by atoms with E-state index in [-0.39, 0.29) is 23.8 Å². The van der Waals surface area contributed by atoms with E-state index in [1.807, 2.05) is 54.6 Å². The summed E-state index contributed by atoms with van der Waals surface area (Å²) in [6.45, 7) is 4.04. The highest BCUT2D eigenvalue weighted by Crippen LogP contribution is 2.35. The largest absolute Gasteiger partial charge is 0.506 e. The zero-order valence-electron chi connectivity index (χ0n) is 29.2. The molecule has 2 heterocycles. The van der Waals surface area contributed by atoms with Crippen LogP contribution in [0.3, 0.4) is 0 Å². The Labute approximate surface area is 298 Å². The molecule has 11 nitrogen and oxygen atoms in total. The van der Waals surface area contributed by atoms with Crippen molar-refractivity contribution in [1.82, 2.24) is 20.6 Å². The SMILES string of the molecule is CCCCCCC[C@@](O)(c1ccccc1)c1ncc(CCNCCC(=O)Nc2ccc(CNC[C@H](O)c3ccc(O)c4[nH]c(=O)ccc34)cc2)o1. The van der Waals surface area contributed by atoms with E-state index in [1.54, 1.807) is 18.3 Å². The topological polar surface area (TPSA) is 173 Å². The molecule has 0 saturated heterocycles. The van der Waals surface area contributed by atoms with E-state index in [0.717, 1.165) is 30.4 Å². The molecule has 0 saturated carbocycles. The summed E-state index contributed by atoms with van der Waals surface area (Å²) in [5.41, 5.74) is 1.74. The molecule has 51 heavy (non-hydrogen) atoms. The number of pyridine rings is 1. The van der Waals surface area contributed by atoms with Gasteiger partial charge in [0.05, 0.1) is 17.8 Å². The number of unbranched alkanes of at least 4 members (excludes halogenated alkanes) is 4. The van der Waals surface area contributed by atoms with Gasteiger partial charge in [-0.25, -0.2) is 4.98 Å². The molecule has 7 N–H and O–H groups in total. The lowest BCUT2D eigenvalue weighted by molar-refractivity contribution is -0.116. The highest BCUT2D eigenvalue weighted by molar-refractivity contribution is 5.90. The Kier molecular flexibility index (Phi) is 13.5. The number of aromatic amines is 1. The highest BCUT2D eigenvalue weighted by atomic mass is 16.4. The van der Waals surface area contributed by atoms with E-state index in [2.05, 4.69) is 32.8 Å². The number of hydrogen-bond donors (Lipinski definition) is 7. The summed E-state index contributed by atoms with van der Waals surface area (Å²) >= 11 is 0. The van der Waals surface area contributed by atoms with Gasteiger partial charge in [-0.1, -0.05) is 81.1 Å². The molecule has 0 spiro atoms. The van der Waals surface area contributed by atoms with Gasteiger partial charge in [0.15, 0.2) is 5.60 Å². The zero-order valence-corrected chi connectivity index (χ0v) is 29.2. The number of oxazole rings is 1. The van der Waals surface area contributed by atoms with Crippen LogP contribution in [0.1, 0.15) is 86.3 Å². The van der Waals surface area contributed by atoms with Gasteiger partial charge in [-0.15, -0.1) is 0 Å². The van der Waals surface area contributed by atoms with Gasteiger partial charge in [0.2, 0.25) is 17.4 Å². The van der Waals surface area contributed by atoms with Crippen molar-refractivity contribution in [3.63, 3.8) is 0 Å². The number of nitrogens with one attached hydrogen (secondary N) is 4. The summed E-state index contributed by atoms with van der Waals surface area (Å²) in [5, 5.41) is 42.6. The minimum absolute atomic E-state index is 0.0511. The number of amides is 1. The number of rotatable bonds is 20. The van der Waals surface area contributed by atoms with Crippen molar-refractivity contribution in [2.45, 2.75) is 76.5 Å². The lowest BCUT2D eigenvalue weighted by Crippen LogP contribution is -2.27. The molecule has 0 bridgehead atoms. The molecule has 0 radical (unpaired) electrons. The number of nitrogens with zero attached hydrogens (tertiary/aromatic N) is 1. The number of phenols is 1. The van der Waals surface area contributed by atoms with Crippen LogP contribution in [0.2, 0.25) is 0 Å². The van der Waals surface area contributed by atoms with Gasteiger partial charge >= 0.3 is 0 Å². The first kappa shape index (κ1) is 37.4. The maximum atomic E-state index is 12.6. The minimum atomic E-state index is -1.27. The second-order valence-corrected chi connectivity index (χ2v) is 12.9. The fourth-order valence-corrected chi connectivity index (χ4v) is 6.17. The number of aromatic hydroxyl groups is 1. The van der Waals surface area contributed by atoms with Crippen LogP contribution < -0.4 is 21.5 Å². The van der Waals surface area contributed by atoms with Gasteiger partial charge in [-0.05, 0) is 53.8 Å². The molecule has 0 fully saturated rings. The van der Waals surface area contributed by atoms with Crippen molar-refractivity contribution in [3.8, 4) is 5.75 Å². The van der Waals surface area contributed by atoms with E-state index >= 15 is 0 Å². The van der Waals surface area contributed by atoms with E-state index in [0.29, 0.717) is 72.7 Å². The standard InChI is InChI=1S/C40H49N5O6/c1-2-3-4-5-9-22-40(50,29-10-7-6-8-11-29)39-43-26-31(51-39)20-23-41-24-21-37(49)44-30-14-12-28(13-15-30)25-42-27-35(47)32-16-18-34(46)38-33(32)17-19-36(48)45-38/h6-8,10-19,26,35,41-42,46-47,50H,2-5,9,20-25,27H2,1H3,(H,44,49)(H,45,48)/t35-,40+/m0/s1. The molecule has 0 unspecified atom stereocenters. The molecule has 11 heteroatoms. The van der Waals surface area contributed by atoms with Crippen molar-refractivity contribution in [2.24, 2.45) is 0 Å². The molecular weight excluding hydrogens is 646 g/mol. The number of aromatic nitrogens is 2. The van der Waals surface area contributed by atoms with Gasteiger partial charge < -0.3 is 40.7 Å². The Morgan fingerprint density at radius 3 is 2.51 bits per heavy atom. The zero-order chi connectivity index (χ0) is 36.1. The molecule has 2 aromatic heterocycles. The lowest BCUT2D eigenvalue weighted by atomic mass is 9.88. The third-order valence-corrected chi connectivity index (χ3v) is 9.05. The fourth-order valence-electron chi connectivity index (χ4n) is 6.17. The number of anilines is 1. The van der Waals surface area contributed by atoms with Gasteiger partial charge in [0.25, 0.3) is 0 Å². The molecule has 5 rings (SSSR count). The Balaban J connectivity index is 1.01. The Morgan fingerprint density at radius 1 is 0.941 bits per heavy atom. The maximum Gasteiger partial charge on any atom is 0.248 e. The molecule has 0 aliphatic heterocycles. The molecule has 270 valence electrons. The first-order chi connectivity index (χ1) is 24.8. The van der Waals surface area contributed by atoms with Crippen LogP contribution in [0.25, 0.3) is 10.9 Å². The summed E-state index contributed by atoms with van der Waals surface area (Å²) in [5.74, 6) is 0.843. The van der Waals surface area contributed by atoms with Crippen molar-refractivity contribution >= 4 is 22.5 Å². The van der Waals surface area contributed by atoms with E-state index in [1.165, 1.54) is 25.0 Å². The number of benzene rings is 3. The normalized spacial score (nSPS) is 13.2. The quantitative estimate of drug-likeness (QED) is 0.0497. The van der Waals surface area contributed by atoms with Gasteiger partial charge in [0.1, 0.15) is 11.5 Å². The molecular formula is C40H49N5O6. The average Bonchev–Trinajstić information content (AvgIpc) is 3.62. The number of aliphatic hydroxyl groups excluding tert-OH is 1. The Bertz CT molecular complexity index is 1890. The molecule has 0 aliphatic carbocycles. The van der Waals surface area contributed by atoms with Crippen LogP contribution in [-0.2, 0) is 23.4 Å². The third kappa shape index (κ3) is 10.4. The van der Waals surface area contributed by atoms with Crippen LogP contribution >= 0.6 is 0 Å². The second kappa shape index (κ2) is 18.4. The first-order valence-electron chi connectivity index (χ1n) is 17.8. The van der Waals surface area contributed by atoms with E-state index in [4.69, 9.17) is 4.42 Å². The number of fused-ring (bicyclic) bond motifs is 1. The van der Waals surface area contributed by atoms with Crippen LogP contribution in [0.15, 0.2) is 94.3 Å². The van der Waals surface area contributed by atoms with Crippen LogP contribution in [-0.4, -0.2) is 50.8 Å².